The first-order chi connectivity index (χ1) is 3.00. The molecule has 1 aromatic rings. The minimum Gasteiger partial charge on any atom is -2.00 e. The first kappa shape index (κ1) is 15.8. The van der Waals surface area contributed by atoms with E-state index >= 15 is 0 Å². The standard InChI is InChI=1S/C5H5N.Cr.H2O.O/c1-2-4-6-5-3-1;;;/h1-5H;;1H2;/q;+3;;-2/p-1. The monoisotopic (exact) mass is 164 g/mol. The predicted molar refractivity (Wildman–Crippen MR) is 26.9 cm³/mol. The van der Waals surface area contributed by atoms with Gasteiger partial charge in [-0.3, -0.25) is 4.98 Å². The Morgan fingerprint density at radius 3 is 1.44 bits per heavy atom. The fraction of sp³-hybridized carbons (Fsp3) is 0. The summed E-state index contributed by atoms with van der Waals surface area (Å²) in [5, 5.41) is 0. The zero-order chi connectivity index (χ0) is 4.24. The van der Waals surface area contributed by atoms with Crippen LogP contribution in [0.1, 0.15) is 0 Å². The molecule has 1 heterocycles. The van der Waals surface area contributed by atoms with Gasteiger partial charge in [0.15, 0.2) is 0 Å². The maximum absolute atomic E-state index is 3.78. The van der Waals surface area contributed by atoms with Gasteiger partial charge in [0.25, 0.3) is 0 Å². The Morgan fingerprint density at radius 1 is 0.889 bits per heavy atom. The quantitative estimate of drug-likeness (QED) is 0.568. The Balaban J connectivity index is -0.000000120. The fourth-order valence-electron chi connectivity index (χ4n) is 0.313. The van der Waals surface area contributed by atoms with E-state index < -0.39 is 0 Å². The molecule has 0 atom stereocenters. The van der Waals surface area contributed by atoms with Crippen LogP contribution in [0.5, 0.6) is 0 Å². The van der Waals surface area contributed by atoms with Crippen LogP contribution in [-0.2, 0) is 22.8 Å². The summed E-state index contributed by atoms with van der Waals surface area (Å²) in [5.41, 5.74) is 0. The second kappa shape index (κ2) is 10.6. The van der Waals surface area contributed by atoms with Crippen LogP contribution in [0.25, 0.3) is 0 Å². The summed E-state index contributed by atoms with van der Waals surface area (Å²) < 4.78 is 0. The molecule has 49 valence electrons. The molecule has 0 aliphatic carbocycles. The molecular formula is C5H6CrNO2. The van der Waals surface area contributed by atoms with Gasteiger partial charge in [0.1, 0.15) is 0 Å². The van der Waals surface area contributed by atoms with Gasteiger partial charge in [-0.05, 0) is 12.1 Å². The van der Waals surface area contributed by atoms with Gasteiger partial charge in [-0.2, -0.15) is 0 Å². The summed E-state index contributed by atoms with van der Waals surface area (Å²) in [6.07, 6.45) is 3.50. The van der Waals surface area contributed by atoms with Gasteiger partial charge in [-0.1, -0.05) is 6.07 Å². The van der Waals surface area contributed by atoms with Crippen molar-refractivity contribution in [2.75, 3.05) is 0 Å². The number of aromatic nitrogens is 1. The third kappa shape index (κ3) is 7.60. The molecule has 0 bridgehead atoms. The second-order valence-corrected chi connectivity index (χ2v) is 1.02. The molecule has 0 spiro atoms. The Morgan fingerprint density at radius 2 is 1.33 bits per heavy atom. The zero-order valence-electron chi connectivity index (χ0n) is 4.60. The van der Waals surface area contributed by atoms with Crippen molar-refractivity contribution < 1.29 is 28.3 Å². The topological polar surface area (TPSA) is 71.4 Å². The smallest absolute Gasteiger partial charge is 2.00 e. The summed E-state index contributed by atoms with van der Waals surface area (Å²) in [5.74, 6) is 0. The van der Waals surface area contributed by atoms with Gasteiger partial charge in [0.2, 0.25) is 0 Å². The molecule has 0 aliphatic heterocycles. The fourth-order valence-corrected chi connectivity index (χ4v) is 0.313. The van der Waals surface area contributed by atoms with E-state index in [-0.39, 0.29) is 28.3 Å². The van der Waals surface area contributed by atoms with E-state index in [2.05, 4.69) is 4.98 Å². The van der Waals surface area contributed by atoms with Crippen molar-refractivity contribution in [1.82, 2.24) is 4.98 Å². The Kier molecular flexibility index (Phi) is 18.6. The minimum atomic E-state index is 0. The van der Waals surface area contributed by atoms with Crippen molar-refractivity contribution >= 4 is 0 Å². The van der Waals surface area contributed by atoms with Crippen LogP contribution in [-0.4, -0.2) is 10.5 Å². The Bertz CT molecular complexity index is 86.9. The van der Waals surface area contributed by atoms with Crippen LogP contribution in [0.15, 0.2) is 30.6 Å². The molecule has 1 N–H and O–H groups in total. The molecule has 0 saturated heterocycles. The average Bonchev–Trinajstić information content (AvgIpc) is 1.72. The molecule has 0 fully saturated rings. The number of rotatable bonds is 0. The number of pyridine rings is 1. The minimum absolute atomic E-state index is 0. The van der Waals surface area contributed by atoms with E-state index in [4.69, 9.17) is 0 Å². The summed E-state index contributed by atoms with van der Waals surface area (Å²) in [6, 6.07) is 5.72. The molecule has 9 heavy (non-hydrogen) atoms. The number of hydrogen-bond acceptors (Lipinski definition) is 2. The van der Waals surface area contributed by atoms with Gasteiger partial charge in [0.05, 0.1) is 0 Å². The van der Waals surface area contributed by atoms with E-state index in [9.17, 15) is 0 Å². The third-order valence-corrected chi connectivity index (χ3v) is 0.566. The van der Waals surface area contributed by atoms with Gasteiger partial charge in [-0.25, -0.2) is 0 Å². The SMILES string of the molecule is [Cr+3].[O-2].[OH-].c1ccncc1. The van der Waals surface area contributed by atoms with Crippen molar-refractivity contribution in [3.63, 3.8) is 0 Å². The number of nitrogens with zero attached hydrogens (tertiary/aromatic N) is 1. The molecule has 1 radical (unpaired) electrons. The van der Waals surface area contributed by atoms with Crippen molar-refractivity contribution in [2.45, 2.75) is 0 Å². The molecule has 0 unspecified atom stereocenters. The normalized spacial score (nSPS) is 5.33. The van der Waals surface area contributed by atoms with Crippen molar-refractivity contribution in [1.29, 1.82) is 0 Å². The maximum atomic E-state index is 3.78. The molecule has 0 amide bonds. The molecule has 0 aromatic carbocycles. The van der Waals surface area contributed by atoms with Gasteiger partial charge < -0.3 is 11.0 Å². The third-order valence-electron chi connectivity index (χ3n) is 0.566. The molecule has 4 heteroatoms. The van der Waals surface area contributed by atoms with E-state index in [1.165, 1.54) is 0 Å². The van der Waals surface area contributed by atoms with Crippen molar-refractivity contribution in [3.8, 4) is 0 Å². The van der Waals surface area contributed by atoms with Crippen LogP contribution in [0.4, 0.5) is 0 Å². The Labute approximate surface area is 64.5 Å². The van der Waals surface area contributed by atoms with E-state index in [1.807, 2.05) is 18.2 Å². The van der Waals surface area contributed by atoms with Crippen LogP contribution in [0.3, 0.4) is 0 Å². The first-order valence-corrected chi connectivity index (χ1v) is 1.85. The number of hydrogen-bond donors (Lipinski definition) is 0. The van der Waals surface area contributed by atoms with Crippen LogP contribution in [0, 0.1) is 0 Å². The predicted octanol–water partition coefficient (Wildman–Crippen LogP) is 0.783. The van der Waals surface area contributed by atoms with Gasteiger partial charge in [0, 0.05) is 12.4 Å². The largest absolute Gasteiger partial charge is 3.00 e. The Hall–Kier alpha value is -0.398. The molecule has 1 rings (SSSR count). The summed E-state index contributed by atoms with van der Waals surface area (Å²) in [4.78, 5) is 3.78. The van der Waals surface area contributed by atoms with Gasteiger partial charge >= 0.3 is 17.4 Å². The first-order valence-electron chi connectivity index (χ1n) is 1.85. The summed E-state index contributed by atoms with van der Waals surface area (Å²) in [7, 11) is 0. The molecule has 3 nitrogen and oxygen atoms in total. The second-order valence-electron chi connectivity index (χ2n) is 1.02. The van der Waals surface area contributed by atoms with E-state index in [0.717, 1.165) is 0 Å². The van der Waals surface area contributed by atoms with Crippen molar-refractivity contribution in [2.24, 2.45) is 0 Å². The maximum Gasteiger partial charge on any atom is 3.00 e. The molecule has 1 aromatic heterocycles. The van der Waals surface area contributed by atoms with E-state index in [0.29, 0.717) is 0 Å². The molecular weight excluding hydrogens is 158 g/mol. The van der Waals surface area contributed by atoms with Crippen LogP contribution in [0.2, 0.25) is 0 Å². The van der Waals surface area contributed by atoms with Crippen LogP contribution < -0.4 is 0 Å². The molecule has 0 aliphatic rings. The van der Waals surface area contributed by atoms with Crippen molar-refractivity contribution in [3.05, 3.63) is 30.6 Å². The van der Waals surface area contributed by atoms with Gasteiger partial charge in [-0.15, -0.1) is 0 Å². The summed E-state index contributed by atoms with van der Waals surface area (Å²) in [6.45, 7) is 0. The average molecular weight is 164 g/mol. The van der Waals surface area contributed by atoms with E-state index in [1.54, 1.807) is 12.4 Å². The van der Waals surface area contributed by atoms with Crippen LogP contribution >= 0.6 is 0 Å². The molecule has 0 saturated carbocycles. The summed E-state index contributed by atoms with van der Waals surface area (Å²) >= 11 is 0. The zero-order valence-corrected chi connectivity index (χ0v) is 5.87.